The Balaban J connectivity index is 1.95. The number of benzene rings is 1. The van der Waals surface area contributed by atoms with Crippen molar-refractivity contribution in [2.24, 2.45) is 0 Å². The summed E-state index contributed by atoms with van der Waals surface area (Å²) in [5.41, 5.74) is 0.319. The monoisotopic (exact) mass is 316 g/mol. The summed E-state index contributed by atoms with van der Waals surface area (Å²) in [6, 6.07) is 5.15. The third-order valence-electron chi connectivity index (χ3n) is 4.11. The van der Waals surface area contributed by atoms with Crippen LogP contribution in [-0.2, 0) is 11.3 Å². The number of amides is 1. The van der Waals surface area contributed by atoms with Gasteiger partial charge in [0.25, 0.3) is 0 Å². The second-order valence-electron chi connectivity index (χ2n) is 5.96. The number of piperidine rings is 1. The molecule has 122 valence electrons. The van der Waals surface area contributed by atoms with Crippen molar-refractivity contribution >= 4 is 22.6 Å². The van der Waals surface area contributed by atoms with E-state index in [-0.39, 0.29) is 22.9 Å². The molecule has 6 nitrogen and oxygen atoms in total. The molecule has 23 heavy (non-hydrogen) atoms. The molecule has 6 heteroatoms. The van der Waals surface area contributed by atoms with E-state index in [0.717, 1.165) is 18.7 Å². The smallest absolute Gasteiger partial charge is 0.360 e. The maximum Gasteiger partial charge on any atom is 0.360 e. The average Bonchev–Trinajstić information content (AvgIpc) is 2.52. The SMILES string of the molecule is CC(=O)Nc1cc2ccc(CN3CCCCC3)c(O)c2oc1=O. The first-order chi connectivity index (χ1) is 11.0. The number of rotatable bonds is 3. The number of anilines is 1. The van der Waals surface area contributed by atoms with Crippen LogP contribution in [0.3, 0.4) is 0 Å². The fourth-order valence-electron chi connectivity index (χ4n) is 2.97. The number of hydrogen-bond acceptors (Lipinski definition) is 5. The lowest BCUT2D eigenvalue weighted by Crippen LogP contribution is -2.29. The van der Waals surface area contributed by atoms with Crippen molar-refractivity contribution in [2.45, 2.75) is 32.7 Å². The van der Waals surface area contributed by atoms with Gasteiger partial charge >= 0.3 is 5.63 Å². The van der Waals surface area contributed by atoms with Gasteiger partial charge in [0.05, 0.1) is 0 Å². The molecule has 1 aromatic heterocycles. The Morgan fingerprint density at radius 1 is 1.30 bits per heavy atom. The maximum atomic E-state index is 11.9. The highest BCUT2D eigenvalue weighted by molar-refractivity contribution is 5.92. The maximum absolute atomic E-state index is 11.9. The summed E-state index contributed by atoms with van der Waals surface area (Å²) in [7, 11) is 0. The van der Waals surface area contributed by atoms with Crippen LogP contribution in [0.2, 0.25) is 0 Å². The lowest BCUT2D eigenvalue weighted by Gasteiger charge is -2.26. The van der Waals surface area contributed by atoms with Gasteiger partial charge in [-0.3, -0.25) is 9.69 Å². The highest BCUT2D eigenvalue weighted by atomic mass is 16.4. The van der Waals surface area contributed by atoms with Crippen molar-refractivity contribution in [2.75, 3.05) is 18.4 Å². The number of phenolic OH excluding ortho intramolecular Hbond substituents is 1. The highest BCUT2D eigenvalue weighted by Crippen LogP contribution is 2.30. The zero-order chi connectivity index (χ0) is 16.4. The minimum atomic E-state index is -0.668. The summed E-state index contributed by atoms with van der Waals surface area (Å²) in [5, 5.41) is 13.4. The minimum Gasteiger partial charge on any atom is -0.504 e. The van der Waals surface area contributed by atoms with Gasteiger partial charge in [-0.2, -0.15) is 0 Å². The molecular formula is C17H20N2O4. The molecule has 2 heterocycles. The Morgan fingerprint density at radius 3 is 2.74 bits per heavy atom. The summed E-state index contributed by atoms with van der Waals surface area (Å²) in [5.74, 6) is -0.345. The second kappa shape index (κ2) is 6.42. The minimum absolute atomic E-state index is 0.000418. The van der Waals surface area contributed by atoms with Crippen LogP contribution >= 0.6 is 0 Å². The zero-order valence-corrected chi connectivity index (χ0v) is 13.1. The summed E-state index contributed by atoms with van der Waals surface area (Å²) < 4.78 is 5.22. The summed E-state index contributed by atoms with van der Waals surface area (Å²) in [4.78, 5) is 25.3. The van der Waals surface area contributed by atoms with Gasteiger partial charge in [0.1, 0.15) is 5.69 Å². The van der Waals surface area contributed by atoms with Crippen LogP contribution in [0.4, 0.5) is 5.69 Å². The molecule has 0 radical (unpaired) electrons. The number of aromatic hydroxyl groups is 1. The Hall–Kier alpha value is -2.34. The lowest BCUT2D eigenvalue weighted by molar-refractivity contribution is -0.114. The van der Waals surface area contributed by atoms with Crippen LogP contribution in [0.15, 0.2) is 27.4 Å². The van der Waals surface area contributed by atoms with Gasteiger partial charge < -0.3 is 14.8 Å². The molecule has 0 aliphatic carbocycles. The van der Waals surface area contributed by atoms with Crippen molar-refractivity contribution in [3.63, 3.8) is 0 Å². The van der Waals surface area contributed by atoms with E-state index in [9.17, 15) is 14.7 Å². The Kier molecular flexibility index (Phi) is 4.34. The first kappa shape index (κ1) is 15.6. The zero-order valence-electron chi connectivity index (χ0n) is 13.1. The normalized spacial score (nSPS) is 15.7. The van der Waals surface area contributed by atoms with Crippen molar-refractivity contribution in [3.05, 3.63) is 34.2 Å². The third kappa shape index (κ3) is 3.37. The summed E-state index contributed by atoms with van der Waals surface area (Å²) in [6.45, 7) is 3.99. The van der Waals surface area contributed by atoms with E-state index in [1.54, 1.807) is 6.07 Å². The fourth-order valence-corrected chi connectivity index (χ4v) is 2.97. The molecule has 1 aromatic carbocycles. The molecule has 1 fully saturated rings. The van der Waals surface area contributed by atoms with Gasteiger partial charge in [-0.25, -0.2) is 4.79 Å². The molecule has 0 spiro atoms. The fraction of sp³-hybridized carbons (Fsp3) is 0.412. The number of nitrogens with zero attached hydrogens (tertiary/aromatic N) is 1. The number of nitrogens with one attached hydrogen (secondary N) is 1. The van der Waals surface area contributed by atoms with Crippen LogP contribution in [-0.4, -0.2) is 29.0 Å². The first-order valence-corrected chi connectivity index (χ1v) is 7.83. The number of likely N-dealkylation sites (tertiary alicyclic amines) is 1. The molecule has 0 atom stereocenters. The standard InChI is InChI=1S/C17H20N2O4/c1-11(20)18-14-9-12-5-6-13(10-19-7-3-2-4-8-19)15(21)16(12)23-17(14)22/h5-6,9,21H,2-4,7-8,10H2,1H3,(H,18,20). The summed E-state index contributed by atoms with van der Waals surface area (Å²) >= 11 is 0. The van der Waals surface area contributed by atoms with E-state index in [1.807, 2.05) is 6.07 Å². The van der Waals surface area contributed by atoms with Crippen LogP contribution in [0.25, 0.3) is 11.0 Å². The molecular weight excluding hydrogens is 296 g/mol. The molecule has 0 unspecified atom stereocenters. The van der Waals surface area contributed by atoms with Gasteiger partial charge in [0, 0.05) is 24.4 Å². The first-order valence-electron chi connectivity index (χ1n) is 7.83. The van der Waals surface area contributed by atoms with Gasteiger partial charge in [-0.1, -0.05) is 18.6 Å². The predicted molar refractivity (Wildman–Crippen MR) is 87.6 cm³/mol. The second-order valence-corrected chi connectivity index (χ2v) is 5.96. The topological polar surface area (TPSA) is 82.8 Å². The van der Waals surface area contributed by atoms with Crippen LogP contribution in [0.1, 0.15) is 31.7 Å². The van der Waals surface area contributed by atoms with Crippen molar-refractivity contribution in [1.29, 1.82) is 0 Å². The molecule has 1 aliphatic rings. The van der Waals surface area contributed by atoms with Gasteiger partial charge in [0.15, 0.2) is 11.3 Å². The number of fused-ring (bicyclic) bond motifs is 1. The van der Waals surface area contributed by atoms with E-state index < -0.39 is 5.63 Å². The van der Waals surface area contributed by atoms with E-state index in [1.165, 1.54) is 32.3 Å². The lowest BCUT2D eigenvalue weighted by atomic mass is 10.1. The molecule has 1 saturated heterocycles. The predicted octanol–water partition coefficient (Wildman–Crippen LogP) is 2.44. The van der Waals surface area contributed by atoms with Crippen molar-refractivity contribution in [1.82, 2.24) is 4.90 Å². The van der Waals surface area contributed by atoms with Gasteiger partial charge in [-0.15, -0.1) is 0 Å². The quantitative estimate of drug-likeness (QED) is 0.850. The van der Waals surface area contributed by atoms with Gasteiger partial charge in [-0.05, 0) is 32.0 Å². The van der Waals surface area contributed by atoms with E-state index in [0.29, 0.717) is 11.9 Å². The molecule has 3 rings (SSSR count). The highest BCUT2D eigenvalue weighted by Gasteiger charge is 2.16. The Labute approximate surface area is 133 Å². The number of hydrogen-bond donors (Lipinski definition) is 2. The van der Waals surface area contributed by atoms with E-state index in [4.69, 9.17) is 4.42 Å². The summed E-state index contributed by atoms with van der Waals surface area (Å²) in [6.07, 6.45) is 3.59. The van der Waals surface area contributed by atoms with Crippen LogP contribution in [0.5, 0.6) is 5.75 Å². The van der Waals surface area contributed by atoms with Crippen LogP contribution < -0.4 is 10.9 Å². The molecule has 1 amide bonds. The molecule has 2 N–H and O–H groups in total. The number of carbonyl (C=O) groups is 1. The van der Waals surface area contributed by atoms with E-state index in [2.05, 4.69) is 10.2 Å². The third-order valence-corrected chi connectivity index (χ3v) is 4.11. The van der Waals surface area contributed by atoms with E-state index >= 15 is 0 Å². The van der Waals surface area contributed by atoms with Gasteiger partial charge in [0.2, 0.25) is 5.91 Å². The average molecular weight is 316 g/mol. The molecule has 0 bridgehead atoms. The number of phenols is 1. The van der Waals surface area contributed by atoms with Crippen molar-refractivity contribution < 1.29 is 14.3 Å². The molecule has 2 aromatic rings. The Bertz CT molecular complexity index is 791. The number of carbonyl (C=O) groups excluding carboxylic acids is 1. The molecule has 0 saturated carbocycles. The van der Waals surface area contributed by atoms with Crippen LogP contribution in [0, 0.1) is 0 Å². The Morgan fingerprint density at radius 2 is 2.04 bits per heavy atom. The van der Waals surface area contributed by atoms with Crippen molar-refractivity contribution in [3.8, 4) is 5.75 Å². The molecule has 1 aliphatic heterocycles. The largest absolute Gasteiger partial charge is 0.504 e.